The van der Waals surface area contributed by atoms with E-state index in [4.69, 9.17) is 21.5 Å². The molecule has 0 aliphatic carbocycles. The van der Waals surface area contributed by atoms with Gasteiger partial charge in [0.05, 0.1) is 12.2 Å². The average molecular weight is 354 g/mol. The normalized spacial score (nSPS) is 18.7. The number of nitrogens with zero attached hydrogens (tertiary/aromatic N) is 2. The van der Waals surface area contributed by atoms with Crippen molar-refractivity contribution in [1.29, 1.82) is 0 Å². The third kappa shape index (κ3) is 4.40. The molecule has 2 rings (SSSR count). The summed E-state index contributed by atoms with van der Waals surface area (Å²) in [5, 5.41) is 19.9. The molecule has 1 atom stereocenters. The molecular weight excluding hydrogens is 341 g/mol. The van der Waals surface area contributed by atoms with Crippen LogP contribution in [-0.2, 0) is 4.79 Å². The second kappa shape index (κ2) is 6.81. The molecule has 1 saturated heterocycles. The van der Waals surface area contributed by atoms with Crippen LogP contribution in [-0.4, -0.2) is 41.4 Å². The van der Waals surface area contributed by atoms with E-state index in [9.17, 15) is 23.2 Å². The van der Waals surface area contributed by atoms with Gasteiger partial charge in [-0.1, -0.05) is 11.6 Å². The highest BCUT2D eigenvalue weighted by molar-refractivity contribution is 6.30. The first-order valence-electron chi connectivity index (χ1n) is 6.67. The van der Waals surface area contributed by atoms with Crippen molar-refractivity contribution in [2.24, 2.45) is 0 Å². The smallest absolute Gasteiger partial charge is 0.471 e. The van der Waals surface area contributed by atoms with Crippen LogP contribution in [0.3, 0.4) is 0 Å². The average Bonchev–Trinajstić information content (AvgIpc) is 2.45. The van der Waals surface area contributed by atoms with Crippen molar-refractivity contribution in [3.63, 3.8) is 0 Å². The molecule has 1 N–H and O–H groups in total. The molecular formula is C13H13ClF3N2O4-. The lowest BCUT2D eigenvalue weighted by Gasteiger charge is -2.34. The van der Waals surface area contributed by atoms with Crippen LogP contribution >= 0.6 is 11.6 Å². The van der Waals surface area contributed by atoms with Gasteiger partial charge < -0.3 is 20.1 Å². The molecule has 1 aliphatic rings. The number of alkyl halides is 3. The van der Waals surface area contributed by atoms with Crippen LogP contribution in [0, 0.1) is 5.21 Å². The Morgan fingerprint density at radius 1 is 1.48 bits per heavy atom. The van der Waals surface area contributed by atoms with Crippen molar-refractivity contribution >= 4 is 23.2 Å². The Morgan fingerprint density at radius 3 is 2.78 bits per heavy atom. The Kier molecular flexibility index (Phi) is 5.23. The zero-order chi connectivity index (χ0) is 17.2. The number of ether oxygens (including phenoxy) is 1. The Labute approximate surface area is 134 Å². The van der Waals surface area contributed by atoms with E-state index in [1.54, 1.807) is 0 Å². The van der Waals surface area contributed by atoms with E-state index >= 15 is 0 Å². The monoisotopic (exact) mass is 353 g/mol. The summed E-state index contributed by atoms with van der Waals surface area (Å²) in [6.45, 7) is -0.289. The first-order valence-corrected chi connectivity index (χ1v) is 7.04. The van der Waals surface area contributed by atoms with E-state index < -0.39 is 23.4 Å². The van der Waals surface area contributed by atoms with Gasteiger partial charge in [0.1, 0.15) is 11.9 Å². The quantitative estimate of drug-likeness (QED) is 0.845. The molecule has 0 saturated carbocycles. The van der Waals surface area contributed by atoms with Gasteiger partial charge in [-0.2, -0.15) is 13.2 Å². The van der Waals surface area contributed by atoms with Crippen molar-refractivity contribution in [3.05, 3.63) is 28.4 Å². The van der Waals surface area contributed by atoms with Crippen molar-refractivity contribution < 1.29 is 27.9 Å². The Morgan fingerprint density at radius 2 is 2.17 bits per heavy atom. The summed E-state index contributed by atoms with van der Waals surface area (Å²) in [6.07, 6.45) is -4.97. The van der Waals surface area contributed by atoms with Crippen LogP contribution < -0.4 is 9.96 Å². The van der Waals surface area contributed by atoms with Gasteiger partial charge in [0.25, 0.3) is 0 Å². The van der Waals surface area contributed by atoms with Crippen LogP contribution in [0.5, 0.6) is 5.75 Å². The highest BCUT2D eigenvalue weighted by Gasteiger charge is 2.43. The number of hydrogen-bond donors (Lipinski definition) is 1. The SMILES string of the molecule is O=C(N1CCC[C@H](Oc2cc(Cl)ccc2N([O-])O)C1)C(F)(F)F. The summed E-state index contributed by atoms with van der Waals surface area (Å²) >= 11 is 5.78. The summed E-state index contributed by atoms with van der Waals surface area (Å²) in [4.78, 5) is 11.9. The van der Waals surface area contributed by atoms with Crippen molar-refractivity contribution in [1.82, 2.24) is 4.90 Å². The van der Waals surface area contributed by atoms with Gasteiger partial charge in [-0.3, -0.25) is 10.0 Å². The fourth-order valence-corrected chi connectivity index (χ4v) is 2.48. The van der Waals surface area contributed by atoms with Gasteiger partial charge in [-0.05, 0) is 25.0 Å². The number of anilines is 1. The number of halogens is 4. The predicted molar refractivity (Wildman–Crippen MR) is 75.4 cm³/mol. The molecule has 1 aromatic carbocycles. The molecule has 1 heterocycles. The van der Waals surface area contributed by atoms with Gasteiger partial charge >= 0.3 is 12.1 Å². The number of rotatable bonds is 3. The number of piperidine rings is 1. The second-order valence-corrected chi connectivity index (χ2v) is 5.45. The number of carbonyl (C=O) groups is 1. The number of benzene rings is 1. The third-order valence-corrected chi connectivity index (χ3v) is 3.56. The maximum Gasteiger partial charge on any atom is 0.471 e. The molecule has 1 amide bonds. The van der Waals surface area contributed by atoms with E-state index in [-0.39, 0.29) is 29.5 Å². The van der Waals surface area contributed by atoms with Crippen molar-refractivity contribution in [3.8, 4) is 5.75 Å². The molecule has 1 aliphatic heterocycles. The number of likely N-dealkylation sites (tertiary alicyclic amines) is 1. The number of carbonyl (C=O) groups excluding carboxylic acids is 1. The van der Waals surface area contributed by atoms with E-state index in [1.165, 1.54) is 18.2 Å². The molecule has 0 radical (unpaired) electrons. The van der Waals surface area contributed by atoms with E-state index in [0.29, 0.717) is 17.7 Å². The lowest BCUT2D eigenvalue weighted by molar-refractivity contribution is -0.187. The van der Waals surface area contributed by atoms with Crippen LogP contribution in [0.2, 0.25) is 5.02 Å². The number of amides is 1. The van der Waals surface area contributed by atoms with Gasteiger partial charge in [-0.25, -0.2) is 0 Å². The minimum atomic E-state index is -4.94. The van der Waals surface area contributed by atoms with Gasteiger partial charge in [0, 0.05) is 17.6 Å². The molecule has 6 nitrogen and oxygen atoms in total. The largest absolute Gasteiger partial charge is 0.733 e. The van der Waals surface area contributed by atoms with Crippen LogP contribution in [0.25, 0.3) is 0 Å². The minimum absolute atomic E-state index is 0.0196. The van der Waals surface area contributed by atoms with Gasteiger partial charge in [0.2, 0.25) is 0 Å². The summed E-state index contributed by atoms with van der Waals surface area (Å²) in [6, 6.07) is 3.83. The lowest BCUT2D eigenvalue weighted by Crippen LogP contribution is -2.49. The Hall–Kier alpha value is -1.71. The van der Waals surface area contributed by atoms with E-state index in [2.05, 4.69) is 0 Å². The topological polar surface area (TPSA) is 76.1 Å². The molecule has 23 heavy (non-hydrogen) atoms. The molecule has 0 aromatic heterocycles. The Balaban J connectivity index is 2.12. The highest BCUT2D eigenvalue weighted by atomic mass is 35.5. The molecule has 0 unspecified atom stereocenters. The highest BCUT2D eigenvalue weighted by Crippen LogP contribution is 2.32. The van der Waals surface area contributed by atoms with Gasteiger partial charge in [-0.15, -0.1) is 0 Å². The van der Waals surface area contributed by atoms with Crippen LogP contribution in [0.15, 0.2) is 18.2 Å². The van der Waals surface area contributed by atoms with Crippen molar-refractivity contribution in [2.75, 3.05) is 18.3 Å². The molecule has 128 valence electrons. The summed E-state index contributed by atoms with van der Waals surface area (Å²) in [5.41, 5.74) is -0.228. The van der Waals surface area contributed by atoms with Gasteiger partial charge in [0.15, 0.2) is 0 Å². The summed E-state index contributed by atoms with van der Waals surface area (Å²) in [7, 11) is 0. The zero-order valence-electron chi connectivity index (χ0n) is 11.7. The summed E-state index contributed by atoms with van der Waals surface area (Å²) < 4.78 is 42.9. The minimum Gasteiger partial charge on any atom is -0.733 e. The second-order valence-electron chi connectivity index (χ2n) is 5.02. The standard InChI is InChI=1S/C13H13ClF3N2O4/c14-8-3-4-10(19(21)22)11(6-8)23-9-2-1-5-18(7-9)12(20)13(15,16)17/h3-4,6,9,21H,1-2,5,7H2/q-1/t9-/m0/s1. The fourth-order valence-electron chi connectivity index (χ4n) is 2.32. The van der Waals surface area contributed by atoms with E-state index in [0.717, 1.165) is 0 Å². The molecule has 10 heteroatoms. The van der Waals surface area contributed by atoms with E-state index in [1.807, 2.05) is 0 Å². The lowest BCUT2D eigenvalue weighted by atomic mass is 10.1. The maximum absolute atomic E-state index is 12.5. The Bertz CT molecular complexity index is 583. The predicted octanol–water partition coefficient (Wildman–Crippen LogP) is 2.97. The van der Waals surface area contributed by atoms with Crippen molar-refractivity contribution in [2.45, 2.75) is 25.1 Å². The van der Waals surface area contributed by atoms with Crippen LogP contribution in [0.4, 0.5) is 18.9 Å². The molecule has 1 aromatic rings. The zero-order valence-corrected chi connectivity index (χ0v) is 12.5. The molecule has 0 bridgehead atoms. The maximum atomic E-state index is 12.5. The third-order valence-electron chi connectivity index (χ3n) is 3.33. The number of hydrogen-bond acceptors (Lipinski definition) is 5. The molecule has 0 spiro atoms. The van der Waals surface area contributed by atoms with Crippen LogP contribution in [0.1, 0.15) is 12.8 Å². The molecule has 1 fully saturated rings. The first-order chi connectivity index (χ1) is 10.7. The first kappa shape index (κ1) is 17.6. The summed E-state index contributed by atoms with van der Waals surface area (Å²) in [5.74, 6) is -1.99. The fraction of sp³-hybridized carbons (Fsp3) is 0.462.